The Morgan fingerprint density at radius 2 is 1.40 bits per heavy atom. The summed E-state index contributed by atoms with van der Waals surface area (Å²) in [7, 11) is 7.27. The number of nitrogens with two attached hydrogens (primary N) is 2. The number of nitrogens with one attached hydrogen (secondary N) is 4. The summed E-state index contributed by atoms with van der Waals surface area (Å²) in [6, 6.07) is 9.38. The average molecular weight is 1360 g/mol. The molecule has 0 unspecified atom stereocenters. The van der Waals surface area contributed by atoms with Crippen LogP contribution < -0.4 is 32.7 Å². The lowest BCUT2D eigenvalue weighted by atomic mass is 9.87. The van der Waals surface area contributed by atoms with Crippen LogP contribution in [0.5, 0.6) is 0 Å². The Kier molecular flexibility index (Phi) is 32.7. The molecule has 28 heteroatoms. The first-order valence-electron chi connectivity index (χ1n) is 33.4. The van der Waals surface area contributed by atoms with Gasteiger partial charge in [-0.1, -0.05) is 129 Å². The molecule has 13 atom stereocenters. The van der Waals surface area contributed by atoms with Crippen molar-refractivity contribution in [3.05, 3.63) is 83.2 Å². The summed E-state index contributed by atoms with van der Waals surface area (Å²) < 4.78 is 23.8. The van der Waals surface area contributed by atoms with Gasteiger partial charge in [0.05, 0.1) is 74.2 Å². The monoisotopic (exact) mass is 1360 g/mol. The molecule has 0 radical (unpaired) electrons. The molecule has 0 bridgehead atoms. The number of ketones is 2. The molecule has 4 rings (SSSR count). The second kappa shape index (κ2) is 39.1. The van der Waals surface area contributed by atoms with E-state index in [0.717, 1.165) is 0 Å². The Bertz CT molecular complexity index is 3120. The lowest BCUT2D eigenvalue weighted by molar-refractivity contribution is -0.148. The number of methoxy groups -OCH3 is 3. The Labute approximate surface area is 570 Å². The van der Waals surface area contributed by atoms with Gasteiger partial charge in [-0.15, -0.1) is 5.10 Å². The zero-order chi connectivity index (χ0) is 72.5. The van der Waals surface area contributed by atoms with E-state index in [0.29, 0.717) is 48.2 Å². The second-order valence-corrected chi connectivity index (χ2v) is 26.4. The number of aliphatic imine (C=N–C) groups is 1. The number of aliphatic hydroxyl groups excluding tert-OH is 1. The lowest BCUT2D eigenvalue weighted by Crippen LogP contribution is -2.60. The van der Waals surface area contributed by atoms with Crippen LogP contribution in [0.3, 0.4) is 0 Å². The van der Waals surface area contributed by atoms with Gasteiger partial charge in [0.25, 0.3) is 0 Å². The van der Waals surface area contributed by atoms with Crippen LogP contribution in [-0.2, 0) is 81.7 Å². The molecule has 1 aromatic heterocycles. The van der Waals surface area contributed by atoms with E-state index >= 15 is 0 Å². The fourth-order valence-corrected chi connectivity index (χ4v) is 12.2. The fourth-order valence-electron chi connectivity index (χ4n) is 12.2. The molecular formula is C69H107N13O15. The van der Waals surface area contributed by atoms with Crippen LogP contribution in [0, 0.1) is 42.4 Å². The molecule has 9 N–H and O–H groups in total. The van der Waals surface area contributed by atoms with Gasteiger partial charge < -0.3 is 66.6 Å². The van der Waals surface area contributed by atoms with Crippen molar-refractivity contribution in [2.24, 2.45) is 52.0 Å². The van der Waals surface area contributed by atoms with Crippen LogP contribution in [0.1, 0.15) is 143 Å². The van der Waals surface area contributed by atoms with E-state index in [1.54, 1.807) is 122 Å². The standard InChI is InChI=1S/C69H107N13O15/c1-17-42(8)61(55(94-14)34-57(86)82-31-21-24-52(82)63(96-16)44(10)64(89)73-45(11)62(88)48-22-19-18-20-23-48)79(12)67(92)59(40(4)5)76-66(91)60(41(6)7)80(13)69(93)97-38-47-27-25-46(26-28-47)32-53(83)51(35-72-68(70)71)75-65(90)49(39(2)3)33-54(84)50(29-30-58(87)95-15)74-56(85)37-81-36-43(9)77-78-81/h18-20,22-23,25-28,36,39-42,44-45,49-52,55,59-63,88H,17,21,24,29-35,37-38H2,1-16H3,(H,73,89)(H,74,85)(H,75,90)(H,76,91)(H4,70,71,72)/t42-,44+,45+,49-,50-,51-,52-,55+,59-,60-,61-,62+,63+/m0/s1. The number of esters is 1. The topological polar surface area (TPSA) is 381 Å². The number of hydrogen-bond donors (Lipinski definition) is 7. The number of likely N-dealkylation sites (tertiary alicyclic amines) is 1. The Hall–Kier alpha value is -8.37. The number of likely N-dealkylation sites (N-methyl/N-ethyl adjacent to an activating group) is 2. The maximum Gasteiger partial charge on any atom is 0.410 e. The van der Waals surface area contributed by atoms with Gasteiger partial charge in [-0.05, 0) is 73.5 Å². The van der Waals surface area contributed by atoms with Crippen molar-refractivity contribution in [1.82, 2.24) is 51.0 Å². The molecule has 2 heterocycles. The number of aliphatic hydroxyl groups is 1. The molecule has 7 amide bonds. The molecule has 0 aliphatic carbocycles. The smallest absolute Gasteiger partial charge is 0.410 e. The second-order valence-electron chi connectivity index (χ2n) is 26.4. The molecule has 28 nitrogen and oxygen atoms in total. The normalized spacial score (nSPS) is 16.8. The Morgan fingerprint density at radius 1 is 0.753 bits per heavy atom. The van der Waals surface area contributed by atoms with E-state index in [1.165, 1.54) is 38.0 Å². The van der Waals surface area contributed by atoms with Crippen LogP contribution in [0.4, 0.5) is 4.79 Å². The zero-order valence-electron chi connectivity index (χ0n) is 59.4. The molecule has 0 saturated carbocycles. The number of amides is 7. The first-order chi connectivity index (χ1) is 45.8. The van der Waals surface area contributed by atoms with Crippen molar-refractivity contribution in [3.8, 4) is 0 Å². The van der Waals surface area contributed by atoms with Crippen molar-refractivity contribution >= 4 is 65.0 Å². The maximum atomic E-state index is 14.8. The third-order valence-electron chi connectivity index (χ3n) is 18.1. The van der Waals surface area contributed by atoms with Crippen LogP contribution in [0.2, 0.25) is 0 Å². The highest BCUT2D eigenvalue weighted by molar-refractivity contribution is 5.96. The van der Waals surface area contributed by atoms with Gasteiger partial charge >= 0.3 is 12.1 Å². The van der Waals surface area contributed by atoms with Crippen molar-refractivity contribution in [3.63, 3.8) is 0 Å². The van der Waals surface area contributed by atoms with Gasteiger partial charge in [0.2, 0.25) is 35.4 Å². The summed E-state index contributed by atoms with van der Waals surface area (Å²) in [5.41, 5.74) is 13.6. The first kappa shape index (κ1) is 81.1. The molecule has 97 heavy (non-hydrogen) atoms. The summed E-state index contributed by atoms with van der Waals surface area (Å²) in [5, 5.41) is 29.9. The fraction of sp³-hybridized carbons (Fsp3) is 0.638. The van der Waals surface area contributed by atoms with Crippen molar-refractivity contribution < 1.29 is 72.0 Å². The molecule has 1 saturated heterocycles. The Morgan fingerprint density at radius 3 is 1.96 bits per heavy atom. The number of guanidine groups is 1. The molecule has 0 spiro atoms. The van der Waals surface area contributed by atoms with E-state index in [1.807, 2.05) is 32.0 Å². The summed E-state index contributed by atoms with van der Waals surface area (Å²) in [4.78, 5) is 147. The molecule has 2 aromatic carbocycles. The molecule has 1 aliphatic rings. The summed E-state index contributed by atoms with van der Waals surface area (Å²) in [6.07, 6.45) is -0.747. The van der Waals surface area contributed by atoms with Gasteiger partial charge in [0.1, 0.15) is 31.3 Å². The number of rotatable bonds is 39. The molecule has 3 aromatic rings. The number of nitrogens with zero attached hydrogens (tertiary/aromatic N) is 7. The van der Waals surface area contributed by atoms with Crippen LogP contribution in [-0.4, -0.2) is 203 Å². The average Bonchev–Trinajstić information content (AvgIpc) is 1.53. The highest BCUT2D eigenvalue weighted by Crippen LogP contribution is 2.31. The lowest BCUT2D eigenvalue weighted by Gasteiger charge is -2.41. The van der Waals surface area contributed by atoms with E-state index in [-0.39, 0.29) is 75.5 Å². The summed E-state index contributed by atoms with van der Waals surface area (Å²) in [5.74, 6) is -7.93. The quantitative estimate of drug-likeness (QED) is 0.0243. The van der Waals surface area contributed by atoms with E-state index in [4.69, 9.17) is 30.4 Å². The summed E-state index contributed by atoms with van der Waals surface area (Å²) >= 11 is 0. The van der Waals surface area contributed by atoms with E-state index < -0.39 is 137 Å². The zero-order valence-corrected chi connectivity index (χ0v) is 59.4. The number of carbonyl (C=O) groups excluding carboxylic acids is 10. The highest BCUT2D eigenvalue weighted by atomic mass is 16.6. The third-order valence-corrected chi connectivity index (χ3v) is 18.1. The van der Waals surface area contributed by atoms with E-state index in [9.17, 15) is 53.1 Å². The van der Waals surface area contributed by atoms with Gasteiger partial charge in [0, 0.05) is 66.2 Å². The Balaban J connectivity index is 1.41. The number of hydrogen-bond acceptors (Lipinski definition) is 18. The van der Waals surface area contributed by atoms with Crippen LogP contribution >= 0.6 is 0 Å². The van der Waals surface area contributed by atoms with Crippen molar-refractivity contribution in [1.29, 1.82) is 0 Å². The largest absolute Gasteiger partial charge is 0.469 e. The van der Waals surface area contributed by atoms with Crippen LogP contribution in [0.25, 0.3) is 0 Å². The van der Waals surface area contributed by atoms with Crippen LogP contribution in [0.15, 0.2) is 65.8 Å². The number of carbonyl (C=O) groups is 10. The molecular weight excluding hydrogens is 1250 g/mol. The number of aryl methyl sites for hydroxylation is 1. The molecule has 1 aliphatic heterocycles. The van der Waals surface area contributed by atoms with Gasteiger partial charge in [0.15, 0.2) is 17.5 Å². The minimum Gasteiger partial charge on any atom is -0.469 e. The van der Waals surface area contributed by atoms with E-state index in [2.05, 4.69) is 36.6 Å². The van der Waals surface area contributed by atoms with Crippen molar-refractivity contribution in [2.45, 2.75) is 201 Å². The summed E-state index contributed by atoms with van der Waals surface area (Å²) in [6.45, 7) is 19.3. The third kappa shape index (κ3) is 24.0. The number of aromatic nitrogens is 3. The number of benzene rings is 2. The predicted octanol–water partition coefficient (Wildman–Crippen LogP) is 3.72. The van der Waals surface area contributed by atoms with Gasteiger partial charge in [-0.2, -0.15) is 0 Å². The molecule has 1 fully saturated rings. The SMILES string of the molecule is CC[C@H](C)[C@@H]([C@@H](CC(=O)N1CCC[C@H]1[C@H](OC)[C@@H](C)C(=O)N[C@H](C)[C@@H](O)c1ccccc1)OC)N(C)C(=O)[C@@H](NC(=O)[C@H](C(C)C)N(C)C(=O)OCc1ccc(CC(=O)[C@H](CN=C(N)N)NC(=O)[C@@H](CC(=O)[C@H](CCC(=O)OC)NC(=O)Cn2cc(C)nn2)C(C)C)cc1)C(C)C. The highest BCUT2D eigenvalue weighted by Gasteiger charge is 2.44. The van der Waals surface area contributed by atoms with Gasteiger partial charge in [-0.3, -0.25) is 53.0 Å². The number of ether oxygens (including phenoxy) is 4. The van der Waals surface area contributed by atoms with Crippen molar-refractivity contribution in [2.75, 3.05) is 48.5 Å². The minimum absolute atomic E-state index is 0.0956. The maximum absolute atomic E-state index is 14.8. The minimum atomic E-state index is -1.24. The molecule has 538 valence electrons. The van der Waals surface area contributed by atoms with Gasteiger partial charge in [-0.25, -0.2) is 9.48 Å². The predicted molar refractivity (Wildman–Crippen MR) is 362 cm³/mol. The number of Topliss-reactive ketones (excluding diaryl/α,β-unsaturated/α-hetero) is 2. The first-order valence-corrected chi connectivity index (χ1v) is 33.4.